The van der Waals surface area contributed by atoms with E-state index in [9.17, 15) is 4.79 Å². The van der Waals surface area contributed by atoms with Crippen LogP contribution < -0.4 is 5.69 Å². The van der Waals surface area contributed by atoms with Crippen LogP contribution in [0.25, 0.3) is 22.2 Å². The number of hydrogen-bond donors (Lipinski definition) is 2. The van der Waals surface area contributed by atoms with Crippen molar-refractivity contribution < 1.29 is 0 Å². The Morgan fingerprint density at radius 2 is 1.47 bits per heavy atom. The van der Waals surface area contributed by atoms with Crippen LogP contribution in [-0.2, 0) is 0 Å². The van der Waals surface area contributed by atoms with Gasteiger partial charge in [-0.15, -0.1) is 0 Å². The number of hydrogen-bond acceptors (Lipinski definition) is 1. The fraction of sp³-hybridized carbons (Fsp3) is 0.0714. The Kier molecular flexibility index (Phi) is 2.11. The molecular formula is C14H12N2O. The van der Waals surface area contributed by atoms with Crippen LogP contribution in [0.3, 0.4) is 0 Å². The number of rotatable bonds is 1. The van der Waals surface area contributed by atoms with E-state index in [2.05, 4.69) is 41.2 Å². The van der Waals surface area contributed by atoms with Crippen molar-refractivity contribution in [2.24, 2.45) is 0 Å². The van der Waals surface area contributed by atoms with Gasteiger partial charge >= 0.3 is 5.69 Å². The molecule has 3 heteroatoms. The fourth-order valence-corrected chi connectivity index (χ4v) is 1.96. The Morgan fingerprint density at radius 1 is 0.824 bits per heavy atom. The summed E-state index contributed by atoms with van der Waals surface area (Å²) < 4.78 is 0. The summed E-state index contributed by atoms with van der Waals surface area (Å²) in [5.74, 6) is 0. The summed E-state index contributed by atoms with van der Waals surface area (Å²) in [4.78, 5) is 16.7. The second-order valence-corrected chi connectivity index (χ2v) is 4.21. The molecule has 3 nitrogen and oxygen atoms in total. The van der Waals surface area contributed by atoms with Crippen LogP contribution in [-0.4, -0.2) is 9.97 Å². The van der Waals surface area contributed by atoms with Crippen molar-refractivity contribution in [2.45, 2.75) is 6.92 Å². The second kappa shape index (κ2) is 3.63. The summed E-state index contributed by atoms with van der Waals surface area (Å²) in [6, 6.07) is 14.2. The quantitative estimate of drug-likeness (QED) is 0.656. The van der Waals surface area contributed by atoms with Gasteiger partial charge in [-0.05, 0) is 30.2 Å². The highest BCUT2D eigenvalue weighted by atomic mass is 16.1. The summed E-state index contributed by atoms with van der Waals surface area (Å²) in [6.07, 6.45) is 0. The van der Waals surface area contributed by atoms with Crippen LogP contribution in [0, 0.1) is 6.92 Å². The number of aryl methyl sites for hydroxylation is 1. The Balaban J connectivity index is 2.17. The summed E-state index contributed by atoms with van der Waals surface area (Å²) in [7, 11) is 0. The van der Waals surface area contributed by atoms with Crippen LogP contribution >= 0.6 is 0 Å². The first-order valence-corrected chi connectivity index (χ1v) is 5.51. The summed E-state index contributed by atoms with van der Waals surface area (Å²) >= 11 is 0. The van der Waals surface area contributed by atoms with Gasteiger partial charge in [0.15, 0.2) is 0 Å². The van der Waals surface area contributed by atoms with E-state index in [0.717, 1.165) is 22.2 Å². The van der Waals surface area contributed by atoms with Gasteiger partial charge < -0.3 is 9.97 Å². The van der Waals surface area contributed by atoms with E-state index < -0.39 is 0 Å². The molecule has 0 saturated heterocycles. The van der Waals surface area contributed by atoms with Gasteiger partial charge in [0.1, 0.15) is 0 Å². The van der Waals surface area contributed by atoms with E-state index in [1.54, 1.807) is 0 Å². The molecule has 0 aliphatic heterocycles. The average molecular weight is 224 g/mol. The Morgan fingerprint density at radius 3 is 2.24 bits per heavy atom. The number of benzene rings is 2. The minimum Gasteiger partial charge on any atom is -0.306 e. The number of fused-ring (bicyclic) bond motifs is 1. The third-order valence-corrected chi connectivity index (χ3v) is 2.90. The molecule has 0 aliphatic rings. The maximum atomic E-state index is 11.2. The zero-order valence-electron chi connectivity index (χ0n) is 9.45. The molecule has 0 unspecified atom stereocenters. The standard InChI is InChI=1S/C14H12N2O/c1-9-2-4-10(5-3-9)11-6-7-12-13(8-11)16-14(17)15-12/h2-8H,1H3,(H2,15,16,17). The van der Waals surface area contributed by atoms with Gasteiger partial charge in [0.2, 0.25) is 0 Å². The molecule has 84 valence electrons. The fourth-order valence-electron chi connectivity index (χ4n) is 1.96. The van der Waals surface area contributed by atoms with Crippen LogP contribution in [0.5, 0.6) is 0 Å². The van der Waals surface area contributed by atoms with Gasteiger partial charge in [-0.3, -0.25) is 0 Å². The third-order valence-electron chi connectivity index (χ3n) is 2.90. The number of aromatic nitrogens is 2. The number of aromatic amines is 2. The number of imidazole rings is 1. The molecule has 0 amide bonds. The molecule has 3 aromatic rings. The number of nitrogens with one attached hydrogen (secondary N) is 2. The van der Waals surface area contributed by atoms with Gasteiger partial charge in [0.05, 0.1) is 11.0 Å². The lowest BCUT2D eigenvalue weighted by atomic mass is 10.0. The van der Waals surface area contributed by atoms with Gasteiger partial charge in [0, 0.05) is 0 Å². The zero-order chi connectivity index (χ0) is 11.8. The molecule has 0 spiro atoms. The molecular weight excluding hydrogens is 212 g/mol. The highest BCUT2D eigenvalue weighted by Crippen LogP contribution is 2.22. The zero-order valence-corrected chi connectivity index (χ0v) is 9.45. The van der Waals surface area contributed by atoms with Crippen molar-refractivity contribution in [3.8, 4) is 11.1 Å². The molecule has 1 heterocycles. The molecule has 2 N–H and O–H groups in total. The van der Waals surface area contributed by atoms with Gasteiger partial charge in [-0.25, -0.2) is 4.79 Å². The van der Waals surface area contributed by atoms with Gasteiger partial charge in [-0.1, -0.05) is 35.9 Å². The van der Waals surface area contributed by atoms with Crippen molar-refractivity contribution in [3.63, 3.8) is 0 Å². The maximum absolute atomic E-state index is 11.2. The van der Waals surface area contributed by atoms with Crippen molar-refractivity contribution in [1.29, 1.82) is 0 Å². The van der Waals surface area contributed by atoms with Crippen molar-refractivity contribution in [3.05, 3.63) is 58.5 Å². The first-order chi connectivity index (χ1) is 8.22. The molecule has 0 fully saturated rings. The summed E-state index contributed by atoms with van der Waals surface area (Å²) in [6.45, 7) is 2.07. The molecule has 0 aliphatic carbocycles. The Hall–Kier alpha value is -2.29. The largest absolute Gasteiger partial charge is 0.323 e. The molecule has 3 rings (SSSR count). The predicted molar refractivity (Wildman–Crippen MR) is 69.1 cm³/mol. The van der Waals surface area contributed by atoms with E-state index in [1.165, 1.54) is 5.56 Å². The minimum absolute atomic E-state index is 0.166. The highest BCUT2D eigenvalue weighted by Gasteiger charge is 2.01. The van der Waals surface area contributed by atoms with Crippen molar-refractivity contribution in [2.75, 3.05) is 0 Å². The number of H-pyrrole nitrogens is 2. The normalized spacial score (nSPS) is 10.9. The van der Waals surface area contributed by atoms with E-state index in [4.69, 9.17) is 0 Å². The lowest BCUT2D eigenvalue weighted by molar-refractivity contribution is 1.22. The summed E-state index contributed by atoms with van der Waals surface area (Å²) in [5, 5.41) is 0. The van der Waals surface area contributed by atoms with Crippen LogP contribution in [0.4, 0.5) is 0 Å². The third kappa shape index (κ3) is 1.76. The molecule has 0 radical (unpaired) electrons. The Labute approximate surface area is 98.1 Å². The minimum atomic E-state index is -0.166. The monoisotopic (exact) mass is 224 g/mol. The van der Waals surface area contributed by atoms with Gasteiger partial charge in [-0.2, -0.15) is 0 Å². The average Bonchev–Trinajstić information content (AvgIpc) is 2.69. The Bertz CT molecular complexity index is 720. The van der Waals surface area contributed by atoms with E-state index in [-0.39, 0.29) is 5.69 Å². The molecule has 0 bridgehead atoms. The van der Waals surface area contributed by atoms with Crippen molar-refractivity contribution >= 4 is 11.0 Å². The van der Waals surface area contributed by atoms with Crippen LogP contribution in [0.2, 0.25) is 0 Å². The van der Waals surface area contributed by atoms with E-state index in [0.29, 0.717) is 0 Å². The molecule has 0 saturated carbocycles. The van der Waals surface area contributed by atoms with E-state index >= 15 is 0 Å². The first-order valence-electron chi connectivity index (χ1n) is 5.51. The van der Waals surface area contributed by atoms with Gasteiger partial charge in [0.25, 0.3) is 0 Å². The highest BCUT2D eigenvalue weighted by molar-refractivity contribution is 5.81. The van der Waals surface area contributed by atoms with E-state index in [1.807, 2.05) is 18.2 Å². The molecule has 2 aromatic carbocycles. The smallest absolute Gasteiger partial charge is 0.306 e. The van der Waals surface area contributed by atoms with Crippen LogP contribution in [0.15, 0.2) is 47.3 Å². The van der Waals surface area contributed by atoms with Crippen LogP contribution in [0.1, 0.15) is 5.56 Å². The maximum Gasteiger partial charge on any atom is 0.323 e. The molecule has 17 heavy (non-hydrogen) atoms. The summed E-state index contributed by atoms with van der Waals surface area (Å²) in [5.41, 5.74) is 5.01. The molecule has 0 atom stereocenters. The second-order valence-electron chi connectivity index (χ2n) is 4.21. The van der Waals surface area contributed by atoms with Crippen molar-refractivity contribution in [1.82, 2.24) is 9.97 Å². The SMILES string of the molecule is Cc1ccc(-c2ccc3[nH]c(=O)[nH]c3c2)cc1. The first kappa shape index (κ1) is 9.90. The molecule has 1 aromatic heterocycles. The topological polar surface area (TPSA) is 48.6 Å². The lowest BCUT2D eigenvalue weighted by Gasteiger charge is -2.02. The lowest BCUT2D eigenvalue weighted by Crippen LogP contribution is -1.99. The predicted octanol–water partition coefficient (Wildman–Crippen LogP) is 2.83.